The Labute approximate surface area is 300 Å². The van der Waals surface area contributed by atoms with Crippen LogP contribution < -0.4 is 10.1 Å². The van der Waals surface area contributed by atoms with Gasteiger partial charge >= 0.3 is 6.09 Å². The number of fused-ring (bicyclic) bond motifs is 1. The van der Waals surface area contributed by atoms with E-state index in [9.17, 15) is 28.3 Å². The van der Waals surface area contributed by atoms with Gasteiger partial charge in [0, 0.05) is 43.9 Å². The van der Waals surface area contributed by atoms with Crippen molar-refractivity contribution in [3.63, 3.8) is 0 Å². The van der Waals surface area contributed by atoms with Gasteiger partial charge in [-0.2, -0.15) is 0 Å². The monoisotopic (exact) mass is 725 g/mol. The molecule has 266 valence electrons. The van der Waals surface area contributed by atoms with E-state index >= 15 is 0 Å². The van der Waals surface area contributed by atoms with Crippen LogP contribution in [0.15, 0.2) is 54.6 Å². The summed E-state index contributed by atoms with van der Waals surface area (Å²) < 4.78 is 35.4. The van der Waals surface area contributed by atoms with Gasteiger partial charge in [-0.05, 0) is 84.5 Å². The summed E-state index contributed by atoms with van der Waals surface area (Å²) in [5.41, 5.74) is 2.65. The van der Waals surface area contributed by atoms with Crippen molar-refractivity contribution < 1.29 is 33.0 Å². The van der Waals surface area contributed by atoms with Crippen LogP contribution in [-0.4, -0.2) is 66.1 Å². The first-order valence-electron chi connectivity index (χ1n) is 16.5. The van der Waals surface area contributed by atoms with Crippen LogP contribution >= 0.6 is 22.9 Å². The van der Waals surface area contributed by atoms with Crippen LogP contribution in [0.4, 0.5) is 13.6 Å². The zero-order chi connectivity index (χ0) is 36.5. The molecule has 1 fully saturated rings. The molecule has 3 amide bonds. The van der Waals surface area contributed by atoms with Crippen molar-refractivity contribution in [2.75, 3.05) is 21.2 Å². The number of carbonyl (C=O) groups is 3. The Morgan fingerprint density at radius 2 is 1.58 bits per heavy atom. The zero-order valence-corrected chi connectivity index (χ0v) is 30.6. The summed E-state index contributed by atoms with van der Waals surface area (Å²) in [6.07, 6.45) is 1.41. The van der Waals surface area contributed by atoms with Gasteiger partial charge in [0.15, 0.2) is 0 Å². The highest BCUT2D eigenvalue weighted by Gasteiger charge is 2.39. The number of thiophene rings is 1. The fourth-order valence-electron chi connectivity index (χ4n) is 6.98. The highest BCUT2D eigenvalue weighted by atomic mass is 35.5. The van der Waals surface area contributed by atoms with E-state index in [1.54, 1.807) is 38.2 Å². The maximum atomic E-state index is 14.9. The summed E-state index contributed by atoms with van der Waals surface area (Å²) in [6.45, 7) is 6.13. The van der Waals surface area contributed by atoms with Crippen LogP contribution in [0.5, 0.6) is 5.75 Å². The lowest BCUT2D eigenvalue weighted by molar-refractivity contribution is 0.0543. The summed E-state index contributed by atoms with van der Waals surface area (Å²) in [6, 6.07) is 14.4. The van der Waals surface area contributed by atoms with Gasteiger partial charge in [0.05, 0.1) is 22.2 Å². The lowest BCUT2D eigenvalue weighted by Gasteiger charge is -2.43. The standard InChI is InChI=1S/C38H42ClF2N3O5S/c1-38(2,3)34(42-37(47)48)22-11-14-26(15-12-22)44(36(46)33-31(39)30-27(40)16-17-28(41)32(30)50-33)20-25-19-24(13-18-29(25)49-6)21-7-9-23(10-8-21)35(45)43(4)5/h7-10,13,16-19,22,26,34,42H,11-12,14-15,20H2,1-6H3,(H,47,48). The fraction of sp³-hybridized carbons (Fsp3) is 0.395. The number of halogens is 3. The molecule has 1 atom stereocenters. The minimum atomic E-state index is -1.08. The van der Waals surface area contributed by atoms with E-state index in [-0.39, 0.29) is 55.9 Å². The molecule has 1 aliphatic rings. The van der Waals surface area contributed by atoms with E-state index in [1.807, 2.05) is 51.1 Å². The predicted octanol–water partition coefficient (Wildman–Crippen LogP) is 9.09. The minimum Gasteiger partial charge on any atom is -0.496 e. The summed E-state index contributed by atoms with van der Waals surface area (Å²) in [5, 5.41) is 12.0. The Balaban J connectivity index is 1.52. The number of carbonyl (C=O) groups excluding carboxylic acids is 2. The van der Waals surface area contributed by atoms with E-state index in [0.29, 0.717) is 42.6 Å². The summed E-state index contributed by atoms with van der Waals surface area (Å²) >= 11 is 7.47. The molecule has 1 heterocycles. The molecular weight excluding hydrogens is 684 g/mol. The number of carboxylic acid groups (broad SMARTS) is 1. The normalized spacial score (nSPS) is 16.9. The average molecular weight is 726 g/mol. The molecule has 0 radical (unpaired) electrons. The molecule has 8 nitrogen and oxygen atoms in total. The van der Waals surface area contributed by atoms with Gasteiger partial charge in [0.25, 0.3) is 11.8 Å². The van der Waals surface area contributed by atoms with E-state index in [0.717, 1.165) is 34.6 Å². The number of nitrogens with one attached hydrogen (secondary N) is 1. The van der Waals surface area contributed by atoms with Gasteiger partial charge in [-0.1, -0.05) is 50.6 Å². The van der Waals surface area contributed by atoms with Crippen LogP contribution in [0.1, 0.15) is 72.0 Å². The zero-order valence-electron chi connectivity index (χ0n) is 29.0. The van der Waals surface area contributed by atoms with Crippen molar-refractivity contribution in [3.05, 3.63) is 87.3 Å². The summed E-state index contributed by atoms with van der Waals surface area (Å²) in [5.74, 6) is -1.32. The van der Waals surface area contributed by atoms with E-state index < -0.39 is 23.6 Å². The predicted molar refractivity (Wildman–Crippen MR) is 193 cm³/mol. The minimum absolute atomic E-state index is 0.0226. The lowest BCUT2D eigenvalue weighted by Crippen LogP contribution is -2.50. The molecule has 0 saturated heterocycles. The van der Waals surface area contributed by atoms with E-state index in [4.69, 9.17) is 16.3 Å². The molecule has 0 aliphatic heterocycles. The Bertz CT molecular complexity index is 1900. The topological polar surface area (TPSA) is 99.2 Å². The fourth-order valence-corrected chi connectivity index (χ4v) is 8.49. The molecule has 12 heteroatoms. The first kappa shape index (κ1) is 37.0. The quantitative estimate of drug-likeness (QED) is 0.179. The number of ether oxygens (including phenoxy) is 1. The molecule has 4 aromatic rings. The van der Waals surface area contributed by atoms with Crippen molar-refractivity contribution in [2.24, 2.45) is 11.3 Å². The van der Waals surface area contributed by atoms with Crippen molar-refractivity contribution in [3.8, 4) is 16.9 Å². The second-order valence-corrected chi connectivity index (χ2v) is 15.5. The molecule has 5 rings (SSSR count). The number of rotatable bonds is 9. The molecule has 50 heavy (non-hydrogen) atoms. The molecule has 0 spiro atoms. The second kappa shape index (κ2) is 14.9. The number of hydrogen-bond donors (Lipinski definition) is 2. The number of methoxy groups -OCH3 is 1. The number of amides is 3. The maximum absolute atomic E-state index is 14.9. The number of nitrogens with zero attached hydrogens (tertiary/aromatic N) is 2. The Hall–Kier alpha value is -4.22. The van der Waals surface area contributed by atoms with Crippen LogP contribution in [0, 0.1) is 23.0 Å². The van der Waals surface area contributed by atoms with Crippen LogP contribution in [0.2, 0.25) is 5.02 Å². The van der Waals surface area contributed by atoms with Crippen LogP contribution in [-0.2, 0) is 6.54 Å². The molecule has 1 saturated carbocycles. The van der Waals surface area contributed by atoms with E-state index in [2.05, 4.69) is 5.32 Å². The molecule has 1 aliphatic carbocycles. The second-order valence-electron chi connectivity index (χ2n) is 14.1. The third-order valence-corrected chi connectivity index (χ3v) is 11.2. The van der Waals surface area contributed by atoms with Crippen molar-refractivity contribution in [1.29, 1.82) is 0 Å². The Morgan fingerprint density at radius 3 is 2.14 bits per heavy atom. The van der Waals surface area contributed by atoms with Gasteiger partial charge in [0.2, 0.25) is 0 Å². The first-order chi connectivity index (χ1) is 23.6. The molecule has 2 N–H and O–H groups in total. The third kappa shape index (κ3) is 7.73. The molecule has 1 aromatic heterocycles. The van der Waals surface area contributed by atoms with Gasteiger partial charge in [-0.3, -0.25) is 9.59 Å². The largest absolute Gasteiger partial charge is 0.496 e. The van der Waals surface area contributed by atoms with Crippen molar-refractivity contribution in [1.82, 2.24) is 15.1 Å². The third-order valence-electron chi connectivity index (χ3n) is 9.49. The maximum Gasteiger partial charge on any atom is 0.404 e. The van der Waals surface area contributed by atoms with Crippen LogP contribution in [0.3, 0.4) is 0 Å². The van der Waals surface area contributed by atoms with Gasteiger partial charge < -0.3 is 25.0 Å². The Morgan fingerprint density at radius 1 is 0.960 bits per heavy atom. The van der Waals surface area contributed by atoms with Crippen LogP contribution in [0.25, 0.3) is 21.2 Å². The van der Waals surface area contributed by atoms with Gasteiger partial charge in [-0.15, -0.1) is 11.3 Å². The van der Waals surface area contributed by atoms with Crippen molar-refractivity contribution >= 4 is 50.9 Å². The van der Waals surface area contributed by atoms with Gasteiger partial charge in [-0.25, -0.2) is 13.6 Å². The average Bonchev–Trinajstić information content (AvgIpc) is 3.44. The van der Waals surface area contributed by atoms with E-state index in [1.165, 1.54) is 4.90 Å². The summed E-state index contributed by atoms with van der Waals surface area (Å²) in [7, 11) is 4.94. The molecular formula is C38H42ClF2N3O5S. The lowest BCUT2D eigenvalue weighted by atomic mass is 9.72. The highest BCUT2D eigenvalue weighted by molar-refractivity contribution is 7.21. The van der Waals surface area contributed by atoms with Crippen molar-refractivity contribution in [2.45, 2.75) is 65.1 Å². The number of hydrogen-bond acceptors (Lipinski definition) is 5. The van der Waals surface area contributed by atoms with Gasteiger partial charge in [0.1, 0.15) is 22.3 Å². The summed E-state index contributed by atoms with van der Waals surface area (Å²) in [4.78, 5) is 41.9. The smallest absolute Gasteiger partial charge is 0.404 e. The Kier molecular flexibility index (Phi) is 11.1. The molecule has 3 aromatic carbocycles. The molecule has 0 bridgehead atoms. The first-order valence-corrected chi connectivity index (χ1v) is 17.7. The molecule has 1 unspecified atom stereocenters. The highest BCUT2D eigenvalue weighted by Crippen LogP contribution is 2.42. The number of benzene rings is 3. The SMILES string of the molecule is COc1ccc(-c2ccc(C(=O)N(C)C)cc2)cc1CN(C(=O)c1sc2c(F)ccc(F)c2c1Cl)C1CCC(C(NC(=O)O)C(C)(C)C)CC1.